The molecule has 0 spiro atoms. The number of carbonyl (C=O) groups excluding carboxylic acids is 2. The van der Waals surface area contributed by atoms with Gasteiger partial charge in [-0.05, 0) is 42.0 Å². The Hall–Kier alpha value is -2.60. The Labute approximate surface area is 144 Å². The SMILES string of the molecule is CN(CCc1ccccc1)c1cccc(/C=C2\SC(=O)NC2=O)n1. The number of thioether (sulfide) groups is 1. The van der Waals surface area contributed by atoms with Crippen molar-refractivity contribution in [1.82, 2.24) is 10.3 Å². The van der Waals surface area contributed by atoms with Gasteiger partial charge in [0.05, 0.1) is 10.6 Å². The van der Waals surface area contributed by atoms with Gasteiger partial charge in [0.2, 0.25) is 0 Å². The zero-order valence-electron chi connectivity index (χ0n) is 13.2. The number of nitrogens with one attached hydrogen (secondary N) is 1. The van der Waals surface area contributed by atoms with Crippen LogP contribution in [0.4, 0.5) is 10.6 Å². The molecule has 1 fully saturated rings. The third-order valence-corrected chi connectivity index (χ3v) is 4.46. The van der Waals surface area contributed by atoms with Gasteiger partial charge in [-0.15, -0.1) is 0 Å². The van der Waals surface area contributed by atoms with Gasteiger partial charge < -0.3 is 4.90 Å². The molecule has 2 amide bonds. The zero-order chi connectivity index (χ0) is 16.9. The van der Waals surface area contributed by atoms with Gasteiger partial charge in [0.15, 0.2) is 0 Å². The highest BCUT2D eigenvalue weighted by Crippen LogP contribution is 2.25. The minimum Gasteiger partial charge on any atom is -0.359 e. The van der Waals surface area contributed by atoms with E-state index in [0.717, 1.165) is 30.5 Å². The first kappa shape index (κ1) is 16.3. The summed E-state index contributed by atoms with van der Waals surface area (Å²) in [5.41, 5.74) is 1.94. The van der Waals surface area contributed by atoms with Crippen molar-refractivity contribution in [2.45, 2.75) is 6.42 Å². The molecule has 24 heavy (non-hydrogen) atoms. The average molecular weight is 339 g/mol. The van der Waals surface area contributed by atoms with Gasteiger partial charge in [0.1, 0.15) is 5.82 Å². The molecule has 1 saturated heterocycles. The largest absolute Gasteiger partial charge is 0.359 e. The van der Waals surface area contributed by atoms with Gasteiger partial charge in [-0.25, -0.2) is 4.98 Å². The molecule has 1 aromatic carbocycles. The van der Waals surface area contributed by atoms with E-state index < -0.39 is 0 Å². The van der Waals surface area contributed by atoms with Crippen LogP contribution in [-0.4, -0.2) is 29.7 Å². The third-order valence-electron chi connectivity index (χ3n) is 3.65. The van der Waals surface area contributed by atoms with Crippen molar-refractivity contribution in [3.63, 3.8) is 0 Å². The van der Waals surface area contributed by atoms with E-state index in [1.165, 1.54) is 5.56 Å². The second kappa shape index (κ2) is 7.31. The molecule has 1 aliphatic rings. The lowest BCUT2D eigenvalue weighted by molar-refractivity contribution is -0.115. The van der Waals surface area contributed by atoms with Gasteiger partial charge in [0, 0.05) is 13.6 Å². The summed E-state index contributed by atoms with van der Waals surface area (Å²) in [6.07, 6.45) is 2.57. The first-order chi connectivity index (χ1) is 11.6. The van der Waals surface area contributed by atoms with Crippen molar-refractivity contribution >= 4 is 34.8 Å². The van der Waals surface area contributed by atoms with Crippen LogP contribution in [0.5, 0.6) is 0 Å². The van der Waals surface area contributed by atoms with Crippen molar-refractivity contribution in [1.29, 1.82) is 0 Å². The Balaban J connectivity index is 1.69. The zero-order valence-corrected chi connectivity index (χ0v) is 14.0. The summed E-state index contributed by atoms with van der Waals surface area (Å²) in [4.78, 5) is 29.8. The van der Waals surface area contributed by atoms with E-state index >= 15 is 0 Å². The molecule has 3 rings (SSSR count). The van der Waals surface area contributed by atoms with E-state index in [-0.39, 0.29) is 11.1 Å². The first-order valence-corrected chi connectivity index (χ1v) is 8.40. The molecular weight excluding hydrogens is 322 g/mol. The molecule has 122 valence electrons. The van der Waals surface area contributed by atoms with Gasteiger partial charge >= 0.3 is 0 Å². The Morgan fingerprint density at radius 3 is 2.62 bits per heavy atom. The fraction of sp³-hybridized carbons (Fsp3) is 0.167. The van der Waals surface area contributed by atoms with E-state index in [2.05, 4.69) is 27.3 Å². The maximum Gasteiger partial charge on any atom is 0.290 e. The average Bonchev–Trinajstić information content (AvgIpc) is 2.91. The number of carbonyl (C=O) groups is 2. The predicted octanol–water partition coefficient (Wildman–Crippen LogP) is 3.08. The van der Waals surface area contributed by atoms with Crippen molar-refractivity contribution in [2.75, 3.05) is 18.5 Å². The summed E-state index contributed by atoms with van der Waals surface area (Å²) in [5.74, 6) is 0.463. The lowest BCUT2D eigenvalue weighted by Gasteiger charge is -2.18. The van der Waals surface area contributed by atoms with Crippen LogP contribution < -0.4 is 10.2 Å². The Morgan fingerprint density at radius 2 is 1.92 bits per heavy atom. The van der Waals surface area contributed by atoms with Crippen LogP contribution in [-0.2, 0) is 11.2 Å². The number of anilines is 1. The number of hydrogen-bond donors (Lipinski definition) is 1. The summed E-state index contributed by atoms with van der Waals surface area (Å²) in [7, 11) is 1.99. The highest BCUT2D eigenvalue weighted by Gasteiger charge is 2.25. The van der Waals surface area contributed by atoms with Gasteiger partial charge in [-0.1, -0.05) is 36.4 Å². The molecule has 5 nitrogen and oxygen atoms in total. The van der Waals surface area contributed by atoms with E-state index in [0.29, 0.717) is 10.6 Å². The summed E-state index contributed by atoms with van der Waals surface area (Å²) in [6, 6.07) is 15.9. The van der Waals surface area contributed by atoms with Gasteiger partial charge in [-0.2, -0.15) is 0 Å². The minimum atomic E-state index is -0.366. The van der Waals surface area contributed by atoms with Crippen LogP contribution >= 0.6 is 11.8 Å². The van der Waals surface area contributed by atoms with E-state index in [1.807, 2.05) is 43.4 Å². The molecule has 0 radical (unpaired) electrons. The molecule has 1 aliphatic heterocycles. The molecule has 1 N–H and O–H groups in total. The van der Waals surface area contributed by atoms with Crippen LogP contribution in [0.1, 0.15) is 11.3 Å². The first-order valence-electron chi connectivity index (χ1n) is 7.59. The monoisotopic (exact) mass is 339 g/mol. The fourth-order valence-electron chi connectivity index (χ4n) is 2.34. The Morgan fingerprint density at radius 1 is 1.12 bits per heavy atom. The van der Waals surface area contributed by atoms with E-state index in [9.17, 15) is 9.59 Å². The molecular formula is C18H17N3O2S. The molecule has 0 aliphatic carbocycles. The summed E-state index contributed by atoms with van der Waals surface area (Å²) < 4.78 is 0. The quantitative estimate of drug-likeness (QED) is 0.848. The van der Waals surface area contributed by atoms with Crippen molar-refractivity contribution < 1.29 is 9.59 Å². The Bertz CT molecular complexity index is 790. The number of nitrogens with zero attached hydrogens (tertiary/aromatic N) is 2. The normalized spacial score (nSPS) is 15.6. The molecule has 6 heteroatoms. The highest BCUT2D eigenvalue weighted by atomic mass is 32.2. The second-order valence-electron chi connectivity index (χ2n) is 5.43. The van der Waals surface area contributed by atoms with Crippen LogP contribution in [0.15, 0.2) is 53.4 Å². The number of imide groups is 1. The van der Waals surface area contributed by atoms with Crippen molar-refractivity contribution in [2.24, 2.45) is 0 Å². The van der Waals surface area contributed by atoms with Crippen LogP contribution in [0.3, 0.4) is 0 Å². The van der Waals surface area contributed by atoms with Gasteiger partial charge in [-0.3, -0.25) is 14.9 Å². The Kier molecular flexibility index (Phi) is 4.96. The van der Waals surface area contributed by atoms with Crippen molar-refractivity contribution in [3.8, 4) is 0 Å². The molecule has 0 atom stereocenters. The summed E-state index contributed by atoms with van der Waals surface area (Å²) in [6.45, 7) is 0.838. The summed E-state index contributed by atoms with van der Waals surface area (Å²) in [5, 5.41) is 1.90. The maximum absolute atomic E-state index is 11.6. The molecule has 2 heterocycles. The molecule has 0 bridgehead atoms. The third kappa shape index (κ3) is 4.02. The topological polar surface area (TPSA) is 62.3 Å². The molecule has 0 unspecified atom stereocenters. The summed E-state index contributed by atoms with van der Waals surface area (Å²) >= 11 is 0.898. The van der Waals surface area contributed by atoms with Crippen LogP contribution in [0.2, 0.25) is 0 Å². The molecule has 2 aromatic rings. The number of rotatable bonds is 5. The predicted molar refractivity (Wildman–Crippen MR) is 96.8 cm³/mol. The standard InChI is InChI=1S/C18H17N3O2S/c1-21(11-10-13-6-3-2-4-7-13)16-9-5-8-14(19-16)12-15-17(22)20-18(23)24-15/h2-9,12H,10-11H2,1H3,(H,20,22,23)/b15-12-. The fourth-order valence-corrected chi connectivity index (χ4v) is 3.01. The van der Waals surface area contributed by atoms with Crippen molar-refractivity contribution in [3.05, 3.63) is 64.7 Å². The highest BCUT2D eigenvalue weighted by molar-refractivity contribution is 8.18. The number of aromatic nitrogens is 1. The maximum atomic E-state index is 11.6. The van der Waals surface area contributed by atoms with Gasteiger partial charge in [0.25, 0.3) is 11.1 Å². The van der Waals surface area contributed by atoms with E-state index in [4.69, 9.17) is 0 Å². The number of benzene rings is 1. The smallest absolute Gasteiger partial charge is 0.290 e. The van der Waals surface area contributed by atoms with E-state index in [1.54, 1.807) is 6.08 Å². The number of hydrogen-bond acceptors (Lipinski definition) is 5. The number of amides is 2. The number of likely N-dealkylation sites (N-methyl/N-ethyl adjacent to an activating group) is 1. The van der Waals surface area contributed by atoms with Crippen LogP contribution in [0.25, 0.3) is 6.08 Å². The second-order valence-corrected chi connectivity index (χ2v) is 6.44. The number of pyridine rings is 1. The molecule has 1 aromatic heterocycles. The molecule has 0 saturated carbocycles. The van der Waals surface area contributed by atoms with Crippen LogP contribution in [0, 0.1) is 0 Å². The minimum absolute atomic E-state index is 0.345. The lowest BCUT2D eigenvalue weighted by Crippen LogP contribution is -2.21. The lowest BCUT2D eigenvalue weighted by atomic mass is 10.1.